The molecule has 1 unspecified atom stereocenters. The van der Waals surface area contributed by atoms with Crippen molar-refractivity contribution in [3.8, 4) is 6.07 Å². The minimum Gasteiger partial charge on any atom is -0.364 e. The first-order chi connectivity index (χ1) is 15.9. The number of hydrogen-bond donors (Lipinski definition) is 1. The van der Waals surface area contributed by atoms with Crippen molar-refractivity contribution in [2.75, 3.05) is 11.4 Å². The van der Waals surface area contributed by atoms with Gasteiger partial charge in [-0.25, -0.2) is 18.1 Å². The first-order valence-corrected chi connectivity index (χ1v) is 12.0. The Kier molecular flexibility index (Phi) is 5.32. The van der Waals surface area contributed by atoms with Crippen LogP contribution in [0.15, 0.2) is 72.1 Å². The fourth-order valence-corrected chi connectivity index (χ4v) is 5.77. The first kappa shape index (κ1) is 21.1. The van der Waals surface area contributed by atoms with E-state index < -0.39 is 10.0 Å². The number of pyridine rings is 1. The Hall–Kier alpha value is -3.74. The maximum Gasteiger partial charge on any atom is 0.243 e. The van der Waals surface area contributed by atoms with E-state index in [1.807, 2.05) is 35.9 Å². The van der Waals surface area contributed by atoms with E-state index in [4.69, 9.17) is 0 Å². The summed E-state index contributed by atoms with van der Waals surface area (Å²) < 4.78 is 31.6. The average molecular weight is 459 g/mol. The number of aryl methyl sites for hydroxylation is 1. The Morgan fingerprint density at radius 3 is 2.85 bits per heavy atom. The van der Waals surface area contributed by atoms with E-state index in [9.17, 15) is 13.7 Å². The van der Waals surface area contributed by atoms with Crippen LogP contribution < -0.4 is 9.62 Å². The summed E-state index contributed by atoms with van der Waals surface area (Å²) >= 11 is 0. The Balaban J connectivity index is 1.49. The Morgan fingerprint density at radius 1 is 1.21 bits per heavy atom. The van der Waals surface area contributed by atoms with Crippen LogP contribution in [0, 0.1) is 11.3 Å². The molecule has 0 amide bonds. The monoisotopic (exact) mass is 458 g/mol. The molecule has 0 radical (unpaired) electrons. The highest BCUT2D eigenvalue weighted by molar-refractivity contribution is 7.89. The largest absolute Gasteiger partial charge is 0.364 e. The predicted octanol–water partition coefficient (Wildman–Crippen LogP) is 2.75. The molecule has 0 saturated carbocycles. The van der Waals surface area contributed by atoms with Gasteiger partial charge in [0.05, 0.1) is 35.7 Å². The predicted molar refractivity (Wildman–Crippen MR) is 125 cm³/mol. The average Bonchev–Trinajstić information content (AvgIpc) is 3.22. The molecular weight excluding hydrogens is 436 g/mol. The van der Waals surface area contributed by atoms with E-state index >= 15 is 0 Å². The summed E-state index contributed by atoms with van der Waals surface area (Å²) in [6.45, 7) is 1.06. The molecule has 0 saturated heterocycles. The van der Waals surface area contributed by atoms with Gasteiger partial charge >= 0.3 is 0 Å². The number of hydrogen-bond acceptors (Lipinski definition) is 6. The van der Waals surface area contributed by atoms with Crippen molar-refractivity contribution >= 4 is 26.6 Å². The number of rotatable bonds is 5. The fraction of sp³-hybridized carbons (Fsp3) is 0.208. The van der Waals surface area contributed by atoms with E-state index in [-0.39, 0.29) is 10.9 Å². The number of para-hydroxylation sites is 1. The van der Waals surface area contributed by atoms with Crippen LogP contribution in [-0.4, -0.2) is 35.5 Å². The van der Waals surface area contributed by atoms with Crippen LogP contribution in [0.1, 0.15) is 16.8 Å². The Morgan fingerprint density at radius 2 is 2.06 bits per heavy atom. The van der Waals surface area contributed by atoms with Gasteiger partial charge in [0.1, 0.15) is 4.90 Å². The van der Waals surface area contributed by atoms with Gasteiger partial charge in [-0.2, -0.15) is 5.26 Å². The van der Waals surface area contributed by atoms with Gasteiger partial charge in [-0.3, -0.25) is 4.98 Å². The lowest BCUT2D eigenvalue weighted by atomic mass is 9.96. The van der Waals surface area contributed by atoms with Crippen LogP contribution in [0.2, 0.25) is 0 Å². The second-order valence-electron chi connectivity index (χ2n) is 8.19. The third-order valence-electron chi connectivity index (χ3n) is 5.93. The summed E-state index contributed by atoms with van der Waals surface area (Å²) in [6.07, 6.45) is 5.63. The van der Waals surface area contributed by atoms with Gasteiger partial charge in [0, 0.05) is 43.1 Å². The molecule has 9 heteroatoms. The lowest BCUT2D eigenvalue weighted by Gasteiger charge is -2.36. The molecular formula is C24H22N6O2S. The molecule has 1 aliphatic rings. The zero-order chi connectivity index (χ0) is 23.0. The molecule has 4 aromatic rings. The summed E-state index contributed by atoms with van der Waals surface area (Å²) in [4.78, 5) is 10.8. The number of sulfonamides is 1. The molecule has 1 aliphatic heterocycles. The highest BCUT2D eigenvalue weighted by atomic mass is 32.2. The van der Waals surface area contributed by atoms with Crippen molar-refractivity contribution in [3.63, 3.8) is 0 Å². The third kappa shape index (κ3) is 4.06. The lowest BCUT2D eigenvalue weighted by Crippen LogP contribution is -2.48. The van der Waals surface area contributed by atoms with Gasteiger partial charge in [-0.15, -0.1) is 0 Å². The number of fused-ring (bicyclic) bond motifs is 2. The van der Waals surface area contributed by atoms with E-state index in [0.29, 0.717) is 30.6 Å². The molecule has 0 spiro atoms. The summed E-state index contributed by atoms with van der Waals surface area (Å²) in [5.74, 6) is 0. The van der Waals surface area contributed by atoms with Crippen LogP contribution in [-0.2, 0) is 30.0 Å². The van der Waals surface area contributed by atoms with Crippen LogP contribution in [0.5, 0.6) is 0 Å². The van der Waals surface area contributed by atoms with Crippen molar-refractivity contribution in [2.24, 2.45) is 7.05 Å². The fourth-order valence-electron chi connectivity index (χ4n) is 4.36. The summed E-state index contributed by atoms with van der Waals surface area (Å²) in [5, 5.41) is 10.1. The normalized spacial score (nSPS) is 15.9. The highest BCUT2D eigenvalue weighted by Gasteiger charge is 2.30. The van der Waals surface area contributed by atoms with Crippen LogP contribution in [0.4, 0.5) is 5.69 Å². The topological polar surface area (TPSA) is 104 Å². The smallest absolute Gasteiger partial charge is 0.243 e. The van der Waals surface area contributed by atoms with Crippen molar-refractivity contribution in [1.82, 2.24) is 19.3 Å². The Bertz CT molecular complexity index is 1480. The lowest BCUT2D eigenvalue weighted by molar-refractivity contribution is 0.522. The van der Waals surface area contributed by atoms with Crippen LogP contribution >= 0.6 is 0 Å². The van der Waals surface area contributed by atoms with Gasteiger partial charge < -0.3 is 9.47 Å². The van der Waals surface area contributed by atoms with E-state index in [1.54, 1.807) is 43.0 Å². The number of nitrogens with zero attached hydrogens (tertiary/aromatic N) is 5. The third-order valence-corrected chi connectivity index (χ3v) is 7.48. The molecule has 2 aromatic heterocycles. The van der Waals surface area contributed by atoms with Crippen molar-refractivity contribution in [1.29, 1.82) is 5.26 Å². The minimum atomic E-state index is -3.82. The van der Waals surface area contributed by atoms with E-state index in [2.05, 4.69) is 25.7 Å². The molecule has 166 valence electrons. The van der Waals surface area contributed by atoms with Crippen molar-refractivity contribution in [3.05, 3.63) is 84.1 Å². The number of anilines is 1. The first-order valence-electron chi connectivity index (χ1n) is 10.5. The molecule has 8 nitrogen and oxygen atoms in total. The van der Waals surface area contributed by atoms with Gasteiger partial charge in [-0.05, 0) is 42.3 Å². The van der Waals surface area contributed by atoms with Crippen LogP contribution in [0.25, 0.3) is 10.9 Å². The van der Waals surface area contributed by atoms with E-state index in [1.165, 1.54) is 0 Å². The zero-order valence-corrected chi connectivity index (χ0v) is 18.8. The molecule has 2 aromatic carbocycles. The number of imidazole rings is 1. The second-order valence-corrected chi connectivity index (χ2v) is 9.87. The zero-order valence-electron chi connectivity index (χ0n) is 18.0. The molecule has 1 atom stereocenters. The number of nitriles is 1. The maximum atomic E-state index is 13.4. The molecule has 0 bridgehead atoms. The van der Waals surface area contributed by atoms with Gasteiger partial charge in [0.15, 0.2) is 0 Å². The van der Waals surface area contributed by atoms with Crippen molar-refractivity contribution < 1.29 is 8.42 Å². The standard InChI is InChI=1S/C24H22N6O2S/c1-29-16-26-13-21(29)15-30-14-20(11-19-10-17(12-25)7-8-22(19)30)28-33(31,32)23-6-2-4-18-5-3-9-27-24(18)23/h2-10,13,16,20,28H,11,14-15H2,1H3. The molecule has 33 heavy (non-hydrogen) atoms. The summed E-state index contributed by atoms with van der Waals surface area (Å²) in [5.41, 5.74) is 3.94. The SMILES string of the molecule is Cn1cncc1CN1CC(NS(=O)(=O)c2cccc3cccnc23)Cc2cc(C#N)ccc21. The molecule has 5 rings (SSSR count). The number of benzene rings is 2. The Labute approximate surface area is 192 Å². The van der Waals surface area contributed by atoms with E-state index in [0.717, 1.165) is 22.3 Å². The van der Waals surface area contributed by atoms with Gasteiger partial charge in [0.25, 0.3) is 0 Å². The quantitative estimate of drug-likeness (QED) is 0.493. The second kappa shape index (κ2) is 8.31. The molecule has 0 fully saturated rings. The minimum absolute atomic E-state index is 0.162. The molecule has 1 N–H and O–H groups in total. The van der Waals surface area contributed by atoms with Gasteiger partial charge in [-0.1, -0.05) is 18.2 Å². The summed E-state index contributed by atoms with van der Waals surface area (Å²) in [6, 6.07) is 16.1. The van der Waals surface area contributed by atoms with Crippen LogP contribution in [0.3, 0.4) is 0 Å². The number of nitrogens with one attached hydrogen (secondary N) is 1. The summed E-state index contributed by atoms with van der Waals surface area (Å²) in [7, 11) is -1.89. The van der Waals surface area contributed by atoms with Gasteiger partial charge in [0.2, 0.25) is 10.0 Å². The maximum absolute atomic E-state index is 13.4. The van der Waals surface area contributed by atoms with Crippen molar-refractivity contribution in [2.45, 2.75) is 23.9 Å². The molecule has 3 heterocycles. The number of aromatic nitrogens is 3. The highest BCUT2D eigenvalue weighted by Crippen LogP contribution is 2.30. The molecule has 0 aliphatic carbocycles.